The topological polar surface area (TPSA) is 35.5 Å². The van der Waals surface area contributed by atoms with E-state index in [2.05, 4.69) is 50.2 Å². The molecule has 0 N–H and O–H groups in total. The van der Waals surface area contributed by atoms with E-state index in [4.69, 9.17) is 9.31 Å². The first-order valence-electron chi connectivity index (χ1n) is 8.93. The highest BCUT2D eigenvalue weighted by Crippen LogP contribution is 2.59. The van der Waals surface area contributed by atoms with Gasteiger partial charge in [0.05, 0.1) is 0 Å². The Balaban J connectivity index is 1.61. The highest BCUT2D eigenvalue weighted by Gasteiger charge is 2.63. The van der Waals surface area contributed by atoms with Gasteiger partial charge in [0.2, 0.25) is 0 Å². The van der Waals surface area contributed by atoms with E-state index in [1.807, 2.05) is 24.3 Å². The molecule has 2 atom stereocenters. The second-order valence-corrected chi connectivity index (χ2v) is 7.52. The van der Waals surface area contributed by atoms with E-state index < -0.39 is 18.3 Å². The summed E-state index contributed by atoms with van der Waals surface area (Å²) in [6.07, 6.45) is 0. The Bertz CT molecular complexity index is 1010. The number of Topliss-reactive ketones (excluding diaryl/α,β-unsaturated/α-hetero) is 1. The van der Waals surface area contributed by atoms with Crippen molar-refractivity contribution < 1.29 is 14.1 Å². The fraction of sp³-hybridized carbons (Fsp3) is 0.227. The fourth-order valence-electron chi connectivity index (χ4n) is 4.47. The lowest BCUT2D eigenvalue weighted by Gasteiger charge is -2.34. The van der Waals surface area contributed by atoms with E-state index in [0.717, 1.165) is 5.46 Å². The van der Waals surface area contributed by atoms with Crippen molar-refractivity contribution in [3.05, 3.63) is 77.4 Å². The van der Waals surface area contributed by atoms with Crippen molar-refractivity contribution in [3.8, 4) is 0 Å². The van der Waals surface area contributed by atoms with Crippen LogP contribution in [0.2, 0.25) is 0 Å². The first kappa shape index (κ1) is 15.8. The van der Waals surface area contributed by atoms with Crippen molar-refractivity contribution in [2.24, 2.45) is 0 Å². The third-order valence-corrected chi connectivity index (χ3v) is 6.12. The summed E-state index contributed by atoms with van der Waals surface area (Å²) in [5, 5.41) is 2.46. The van der Waals surface area contributed by atoms with Crippen molar-refractivity contribution in [1.29, 1.82) is 0 Å². The van der Waals surface area contributed by atoms with Crippen LogP contribution in [-0.4, -0.2) is 12.9 Å². The van der Waals surface area contributed by atoms with Gasteiger partial charge >= 0.3 is 7.12 Å². The van der Waals surface area contributed by atoms with E-state index in [-0.39, 0.29) is 5.78 Å². The quantitative estimate of drug-likeness (QED) is 0.523. The zero-order valence-corrected chi connectivity index (χ0v) is 15.1. The molecule has 1 fully saturated rings. The molecule has 3 aromatic rings. The lowest BCUT2D eigenvalue weighted by Crippen LogP contribution is -2.38. The molecule has 128 valence electrons. The van der Waals surface area contributed by atoms with Crippen LogP contribution in [0.4, 0.5) is 0 Å². The number of fused-ring (bicyclic) bond motifs is 3. The molecule has 2 aliphatic rings. The molecule has 26 heavy (non-hydrogen) atoms. The summed E-state index contributed by atoms with van der Waals surface area (Å²) in [5.74, 6) is 0.0567. The average molecular weight is 342 g/mol. The highest BCUT2D eigenvalue weighted by molar-refractivity contribution is 6.62. The predicted molar refractivity (Wildman–Crippen MR) is 103 cm³/mol. The fourth-order valence-corrected chi connectivity index (χ4v) is 4.47. The van der Waals surface area contributed by atoms with E-state index in [0.29, 0.717) is 5.56 Å². The molecule has 0 amide bonds. The molecule has 3 nitrogen and oxygen atoms in total. The zero-order chi connectivity index (χ0) is 18.1. The van der Waals surface area contributed by atoms with Crippen molar-refractivity contribution in [3.63, 3.8) is 0 Å². The van der Waals surface area contributed by atoms with Crippen LogP contribution in [0, 0.1) is 0 Å². The van der Waals surface area contributed by atoms with Gasteiger partial charge < -0.3 is 9.31 Å². The Morgan fingerprint density at radius 2 is 1.38 bits per heavy atom. The Morgan fingerprint density at radius 1 is 0.846 bits per heavy atom. The molecule has 1 saturated heterocycles. The number of hydrogen-bond acceptors (Lipinski definition) is 3. The van der Waals surface area contributed by atoms with Crippen LogP contribution < -0.4 is 5.46 Å². The van der Waals surface area contributed by atoms with Gasteiger partial charge in [0.1, 0.15) is 11.2 Å². The minimum absolute atomic E-state index is 0.0567. The van der Waals surface area contributed by atoms with Crippen molar-refractivity contribution in [2.75, 3.05) is 0 Å². The minimum Gasteiger partial charge on any atom is -0.394 e. The van der Waals surface area contributed by atoms with E-state index >= 15 is 0 Å². The van der Waals surface area contributed by atoms with Crippen LogP contribution >= 0.6 is 0 Å². The lowest BCUT2D eigenvalue weighted by molar-refractivity contribution is -0.0222. The van der Waals surface area contributed by atoms with Gasteiger partial charge in [-0.05, 0) is 48.1 Å². The van der Waals surface area contributed by atoms with Crippen molar-refractivity contribution >= 4 is 29.1 Å². The smallest absolute Gasteiger partial charge is 0.394 e. The van der Waals surface area contributed by atoms with Crippen LogP contribution in [0.15, 0.2) is 60.7 Å². The molecule has 3 aromatic carbocycles. The average Bonchev–Trinajstić information content (AvgIpc) is 3.02. The molecule has 0 radical (unpaired) electrons. The van der Waals surface area contributed by atoms with E-state index in [1.165, 1.54) is 21.9 Å². The lowest BCUT2D eigenvalue weighted by atomic mass is 9.78. The molecule has 0 spiro atoms. The second-order valence-electron chi connectivity index (χ2n) is 7.52. The summed E-state index contributed by atoms with van der Waals surface area (Å²) in [6, 6.07) is 20.2. The highest BCUT2D eigenvalue weighted by atomic mass is 16.7. The summed E-state index contributed by atoms with van der Waals surface area (Å²) in [5.41, 5.74) is 2.86. The maximum atomic E-state index is 11.5. The van der Waals surface area contributed by atoms with Crippen molar-refractivity contribution in [2.45, 2.75) is 32.0 Å². The molecule has 0 aromatic heterocycles. The van der Waals surface area contributed by atoms with Crippen molar-refractivity contribution in [1.82, 2.24) is 0 Å². The van der Waals surface area contributed by atoms with Gasteiger partial charge in [-0.25, -0.2) is 0 Å². The van der Waals surface area contributed by atoms with E-state index in [9.17, 15) is 4.79 Å². The summed E-state index contributed by atoms with van der Waals surface area (Å²) in [4.78, 5) is 11.5. The first-order chi connectivity index (χ1) is 12.4. The van der Waals surface area contributed by atoms with Gasteiger partial charge in [-0.15, -0.1) is 0 Å². The zero-order valence-electron chi connectivity index (χ0n) is 15.1. The largest absolute Gasteiger partial charge is 0.495 e. The van der Waals surface area contributed by atoms with Gasteiger partial charge in [0, 0.05) is 5.56 Å². The third kappa shape index (κ3) is 1.83. The monoisotopic (exact) mass is 342 g/mol. The van der Waals surface area contributed by atoms with Gasteiger partial charge in [0.15, 0.2) is 5.78 Å². The minimum atomic E-state index is -0.555. The van der Waals surface area contributed by atoms with Gasteiger partial charge in [-0.3, -0.25) is 4.79 Å². The second kappa shape index (κ2) is 5.06. The summed E-state index contributed by atoms with van der Waals surface area (Å²) < 4.78 is 13.1. The van der Waals surface area contributed by atoms with E-state index in [1.54, 1.807) is 6.92 Å². The number of benzene rings is 3. The number of carbonyl (C=O) groups excluding carboxylic acids is 1. The normalized spacial score (nSPS) is 26.3. The number of ketones is 1. The summed E-state index contributed by atoms with van der Waals surface area (Å²) in [6.45, 7) is 5.80. The maximum Gasteiger partial charge on any atom is 0.495 e. The van der Waals surface area contributed by atoms with Crippen LogP contribution in [0.1, 0.15) is 42.3 Å². The molecule has 1 aliphatic carbocycles. The molecule has 4 heteroatoms. The Kier molecular flexibility index (Phi) is 3.07. The Labute approximate surface area is 153 Å². The summed E-state index contributed by atoms with van der Waals surface area (Å²) >= 11 is 0. The Hall–Kier alpha value is -2.43. The third-order valence-electron chi connectivity index (χ3n) is 6.12. The molecule has 1 heterocycles. The summed E-state index contributed by atoms with van der Waals surface area (Å²) in [7, 11) is -0.463. The standard InChI is InChI=1S/C22H19BO3/c1-14(24)15-10-12-17(13-11-15)23-25-21(2)18-8-4-6-16-7-5-9-19(20(16)18)22(21,3)26-23/h4-13H,1-3H3/t21-,22+. The Morgan fingerprint density at radius 3 is 1.88 bits per heavy atom. The number of rotatable bonds is 2. The molecule has 0 bridgehead atoms. The maximum absolute atomic E-state index is 11.5. The molecule has 5 rings (SSSR count). The number of hydrogen-bond donors (Lipinski definition) is 0. The molecule has 1 aliphatic heterocycles. The van der Waals surface area contributed by atoms with Gasteiger partial charge in [-0.2, -0.15) is 0 Å². The van der Waals surface area contributed by atoms with Crippen LogP contribution in [0.3, 0.4) is 0 Å². The molecular formula is C22H19BO3. The molecular weight excluding hydrogens is 323 g/mol. The van der Waals surface area contributed by atoms with Crippen LogP contribution in [-0.2, 0) is 20.5 Å². The number of carbonyl (C=O) groups is 1. The van der Waals surface area contributed by atoms with Gasteiger partial charge in [-0.1, -0.05) is 60.7 Å². The van der Waals surface area contributed by atoms with Crippen LogP contribution in [0.25, 0.3) is 10.8 Å². The van der Waals surface area contributed by atoms with Crippen LogP contribution in [0.5, 0.6) is 0 Å². The molecule has 0 saturated carbocycles. The predicted octanol–water partition coefficient (Wildman–Crippen LogP) is 3.93. The SMILES string of the molecule is CC(=O)c1ccc(B2O[C@@]3(C)c4cccc5cccc(c45)[C@@]3(C)O2)cc1. The van der Waals surface area contributed by atoms with Gasteiger partial charge in [0.25, 0.3) is 0 Å². The first-order valence-corrected chi connectivity index (χ1v) is 8.93. The molecule has 0 unspecified atom stereocenters.